The van der Waals surface area contributed by atoms with Crippen molar-refractivity contribution in [1.29, 1.82) is 0 Å². The highest BCUT2D eigenvalue weighted by molar-refractivity contribution is 6.31. The Kier molecular flexibility index (Phi) is 4.70. The maximum Gasteiger partial charge on any atom is 0.0621 e. The van der Waals surface area contributed by atoms with Gasteiger partial charge in [-0.05, 0) is 37.3 Å². The quantitative estimate of drug-likeness (QED) is 0.716. The monoisotopic (exact) mass is 231 g/mol. The standard InChI is InChI=1S/C11H15Cl2N/c1-8(5-9(2)12)6-10-3-4-14-7-11(10)13/h3-4,7-9H,5-6H2,1-2H3. The Morgan fingerprint density at radius 2 is 2.14 bits per heavy atom. The molecule has 0 radical (unpaired) electrons. The second-order valence-electron chi connectivity index (χ2n) is 3.79. The Labute approximate surface area is 95.4 Å². The summed E-state index contributed by atoms with van der Waals surface area (Å²) in [7, 11) is 0. The number of rotatable bonds is 4. The normalized spacial score (nSPS) is 15.1. The highest BCUT2D eigenvalue weighted by Crippen LogP contribution is 2.21. The van der Waals surface area contributed by atoms with E-state index >= 15 is 0 Å². The third-order valence-electron chi connectivity index (χ3n) is 2.15. The number of pyridine rings is 1. The maximum absolute atomic E-state index is 6.01. The molecule has 14 heavy (non-hydrogen) atoms. The second kappa shape index (κ2) is 5.57. The zero-order valence-electron chi connectivity index (χ0n) is 8.50. The molecule has 0 saturated carbocycles. The van der Waals surface area contributed by atoms with Gasteiger partial charge in [-0.1, -0.05) is 18.5 Å². The van der Waals surface area contributed by atoms with Gasteiger partial charge in [0.2, 0.25) is 0 Å². The van der Waals surface area contributed by atoms with Crippen molar-refractivity contribution in [3.63, 3.8) is 0 Å². The molecular weight excluding hydrogens is 217 g/mol. The summed E-state index contributed by atoms with van der Waals surface area (Å²) in [5, 5.41) is 0.979. The molecule has 0 fully saturated rings. The number of nitrogens with zero attached hydrogens (tertiary/aromatic N) is 1. The van der Waals surface area contributed by atoms with Crippen LogP contribution in [0, 0.1) is 5.92 Å². The van der Waals surface area contributed by atoms with Gasteiger partial charge in [0.05, 0.1) is 5.02 Å². The zero-order chi connectivity index (χ0) is 10.6. The van der Waals surface area contributed by atoms with E-state index in [9.17, 15) is 0 Å². The summed E-state index contributed by atoms with van der Waals surface area (Å²) in [6, 6.07) is 1.97. The lowest BCUT2D eigenvalue weighted by Gasteiger charge is -2.13. The van der Waals surface area contributed by atoms with E-state index in [1.54, 1.807) is 12.4 Å². The van der Waals surface area contributed by atoms with Gasteiger partial charge in [-0.25, -0.2) is 0 Å². The van der Waals surface area contributed by atoms with Crippen LogP contribution in [0.15, 0.2) is 18.5 Å². The van der Waals surface area contributed by atoms with E-state index in [2.05, 4.69) is 11.9 Å². The molecule has 1 rings (SSSR count). The van der Waals surface area contributed by atoms with Crippen LogP contribution < -0.4 is 0 Å². The van der Waals surface area contributed by atoms with Gasteiger partial charge in [0.15, 0.2) is 0 Å². The Balaban J connectivity index is 2.56. The molecule has 0 N–H and O–H groups in total. The average molecular weight is 232 g/mol. The Morgan fingerprint density at radius 3 is 2.71 bits per heavy atom. The molecule has 3 heteroatoms. The van der Waals surface area contributed by atoms with E-state index in [0.717, 1.165) is 23.4 Å². The third kappa shape index (κ3) is 3.85. The summed E-state index contributed by atoms with van der Waals surface area (Å²) in [6.45, 7) is 4.21. The maximum atomic E-state index is 6.01. The molecule has 0 aliphatic rings. The minimum Gasteiger partial charge on any atom is -0.263 e. The molecule has 0 spiro atoms. The van der Waals surface area contributed by atoms with Crippen molar-refractivity contribution in [2.24, 2.45) is 5.92 Å². The van der Waals surface area contributed by atoms with Crippen LogP contribution >= 0.6 is 23.2 Å². The number of alkyl halides is 1. The van der Waals surface area contributed by atoms with Crippen molar-refractivity contribution in [2.75, 3.05) is 0 Å². The van der Waals surface area contributed by atoms with Crippen molar-refractivity contribution in [3.8, 4) is 0 Å². The van der Waals surface area contributed by atoms with Crippen LogP contribution in [0.3, 0.4) is 0 Å². The number of hydrogen-bond acceptors (Lipinski definition) is 1. The number of aromatic nitrogens is 1. The fraction of sp³-hybridized carbons (Fsp3) is 0.545. The van der Waals surface area contributed by atoms with E-state index in [1.807, 2.05) is 13.0 Å². The Morgan fingerprint density at radius 1 is 1.43 bits per heavy atom. The SMILES string of the molecule is CC(Cl)CC(C)Cc1ccncc1Cl. The first kappa shape index (κ1) is 11.8. The summed E-state index contributed by atoms with van der Waals surface area (Å²) in [5.74, 6) is 0.558. The van der Waals surface area contributed by atoms with Gasteiger partial charge in [0.25, 0.3) is 0 Å². The van der Waals surface area contributed by atoms with Crippen LogP contribution in [0.1, 0.15) is 25.8 Å². The summed E-state index contributed by atoms with van der Waals surface area (Å²) in [4.78, 5) is 3.96. The fourth-order valence-electron chi connectivity index (χ4n) is 1.58. The van der Waals surface area contributed by atoms with E-state index in [0.29, 0.717) is 5.92 Å². The van der Waals surface area contributed by atoms with Crippen molar-refractivity contribution in [2.45, 2.75) is 32.1 Å². The molecule has 0 aliphatic heterocycles. The largest absolute Gasteiger partial charge is 0.263 e. The van der Waals surface area contributed by atoms with Gasteiger partial charge >= 0.3 is 0 Å². The third-order valence-corrected chi connectivity index (χ3v) is 2.67. The molecule has 0 aliphatic carbocycles. The molecule has 1 heterocycles. The lowest BCUT2D eigenvalue weighted by Crippen LogP contribution is -2.05. The molecule has 0 amide bonds. The van der Waals surface area contributed by atoms with Gasteiger partial charge in [-0.3, -0.25) is 4.98 Å². The second-order valence-corrected chi connectivity index (χ2v) is 4.95. The van der Waals surface area contributed by atoms with Gasteiger partial charge in [0, 0.05) is 17.8 Å². The van der Waals surface area contributed by atoms with Gasteiger partial charge < -0.3 is 0 Å². The fourth-order valence-corrected chi connectivity index (χ4v) is 2.08. The smallest absolute Gasteiger partial charge is 0.0621 e. The lowest BCUT2D eigenvalue weighted by atomic mass is 9.97. The van der Waals surface area contributed by atoms with Crippen LogP contribution in [0.2, 0.25) is 5.02 Å². The molecule has 78 valence electrons. The molecule has 1 nitrogen and oxygen atoms in total. The number of halogens is 2. The first-order valence-corrected chi connectivity index (χ1v) is 5.63. The summed E-state index contributed by atoms with van der Waals surface area (Å²) in [6.07, 6.45) is 5.45. The molecule has 0 bridgehead atoms. The van der Waals surface area contributed by atoms with Crippen molar-refractivity contribution in [1.82, 2.24) is 4.98 Å². The van der Waals surface area contributed by atoms with Crippen LogP contribution in [0.5, 0.6) is 0 Å². The summed E-state index contributed by atoms with van der Waals surface area (Å²) < 4.78 is 0. The van der Waals surface area contributed by atoms with Gasteiger partial charge in [-0.15, -0.1) is 11.6 Å². The van der Waals surface area contributed by atoms with Crippen LogP contribution in [0.4, 0.5) is 0 Å². The van der Waals surface area contributed by atoms with Crippen molar-refractivity contribution < 1.29 is 0 Å². The van der Waals surface area contributed by atoms with Crippen molar-refractivity contribution in [3.05, 3.63) is 29.0 Å². The van der Waals surface area contributed by atoms with Crippen LogP contribution in [-0.2, 0) is 6.42 Å². The Bertz CT molecular complexity index is 286. The molecule has 2 atom stereocenters. The minimum absolute atomic E-state index is 0.227. The van der Waals surface area contributed by atoms with Crippen molar-refractivity contribution >= 4 is 23.2 Å². The minimum atomic E-state index is 0.227. The molecule has 1 aromatic rings. The molecular formula is C11H15Cl2N. The van der Waals surface area contributed by atoms with E-state index in [4.69, 9.17) is 23.2 Å². The molecule has 0 aromatic carbocycles. The van der Waals surface area contributed by atoms with E-state index in [1.165, 1.54) is 0 Å². The molecule has 1 aromatic heterocycles. The predicted molar refractivity (Wildman–Crippen MR) is 62.0 cm³/mol. The van der Waals surface area contributed by atoms with Gasteiger partial charge in [-0.2, -0.15) is 0 Å². The lowest BCUT2D eigenvalue weighted by molar-refractivity contribution is 0.526. The zero-order valence-corrected chi connectivity index (χ0v) is 10.0. The van der Waals surface area contributed by atoms with Gasteiger partial charge in [0.1, 0.15) is 0 Å². The van der Waals surface area contributed by atoms with Crippen LogP contribution in [0.25, 0.3) is 0 Å². The average Bonchev–Trinajstić information content (AvgIpc) is 2.07. The van der Waals surface area contributed by atoms with Crippen LogP contribution in [-0.4, -0.2) is 10.4 Å². The highest BCUT2D eigenvalue weighted by Gasteiger charge is 2.09. The predicted octanol–water partition coefficient (Wildman–Crippen LogP) is 3.93. The first-order valence-electron chi connectivity index (χ1n) is 4.82. The molecule has 2 unspecified atom stereocenters. The summed E-state index contributed by atoms with van der Waals surface area (Å²) in [5.41, 5.74) is 1.16. The number of hydrogen-bond donors (Lipinski definition) is 0. The Hall–Kier alpha value is -0.270. The topological polar surface area (TPSA) is 12.9 Å². The first-order chi connectivity index (χ1) is 6.59. The molecule has 0 saturated heterocycles. The van der Waals surface area contributed by atoms with E-state index in [-0.39, 0.29) is 5.38 Å². The highest BCUT2D eigenvalue weighted by atomic mass is 35.5. The van der Waals surface area contributed by atoms with E-state index < -0.39 is 0 Å². The summed E-state index contributed by atoms with van der Waals surface area (Å²) >= 11 is 11.9.